The molecule has 0 bridgehead atoms. The summed E-state index contributed by atoms with van der Waals surface area (Å²) >= 11 is 5.81. The minimum Gasteiger partial charge on any atom is -0.467 e. The molecule has 110 valence electrons. The van der Waals surface area contributed by atoms with Gasteiger partial charge >= 0.3 is 5.97 Å². The van der Waals surface area contributed by atoms with Crippen LogP contribution in [0.5, 0.6) is 0 Å². The molecule has 0 aliphatic carbocycles. The molecule has 2 atom stereocenters. The van der Waals surface area contributed by atoms with E-state index in [-0.39, 0.29) is 5.92 Å². The Hall–Kier alpha value is -1.59. The SMILES string of the molecule is COC(=O)[C@@H](NC(=O)[C@H](O)c1cccc(Cl)c1)C(C)C. The zero-order chi connectivity index (χ0) is 15.3. The number of carbonyl (C=O) groups excluding carboxylic acids is 2. The smallest absolute Gasteiger partial charge is 0.328 e. The number of aliphatic hydroxyl groups is 1. The van der Waals surface area contributed by atoms with Gasteiger partial charge in [-0.05, 0) is 23.6 Å². The summed E-state index contributed by atoms with van der Waals surface area (Å²) in [4.78, 5) is 23.5. The highest BCUT2D eigenvalue weighted by Crippen LogP contribution is 2.18. The molecule has 1 rings (SSSR count). The average molecular weight is 300 g/mol. The first-order valence-electron chi connectivity index (χ1n) is 6.18. The van der Waals surface area contributed by atoms with Gasteiger partial charge < -0.3 is 15.2 Å². The van der Waals surface area contributed by atoms with E-state index in [9.17, 15) is 14.7 Å². The van der Waals surface area contributed by atoms with Crippen LogP contribution in [-0.2, 0) is 14.3 Å². The van der Waals surface area contributed by atoms with Gasteiger partial charge in [0.05, 0.1) is 7.11 Å². The Kier molecular flexibility index (Phi) is 5.98. The minimum absolute atomic E-state index is 0.155. The van der Waals surface area contributed by atoms with E-state index in [1.807, 2.05) is 0 Å². The Morgan fingerprint density at radius 2 is 2.00 bits per heavy atom. The van der Waals surface area contributed by atoms with Crippen molar-refractivity contribution >= 4 is 23.5 Å². The topological polar surface area (TPSA) is 75.6 Å². The zero-order valence-corrected chi connectivity index (χ0v) is 12.3. The fourth-order valence-corrected chi connectivity index (χ4v) is 1.88. The van der Waals surface area contributed by atoms with Crippen molar-refractivity contribution in [3.8, 4) is 0 Å². The van der Waals surface area contributed by atoms with E-state index in [1.54, 1.807) is 32.0 Å². The van der Waals surface area contributed by atoms with Crippen LogP contribution in [-0.4, -0.2) is 30.1 Å². The maximum Gasteiger partial charge on any atom is 0.328 e. The van der Waals surface area contributed by atoms with E-state index in [2.05, 4.69) is 10.1 Å². The highest BCUT2D eigenvalue weighted by atomic mass is 35.5. The van der Waals surface area contributed by atoms with Gasteiger partial charge in [0.15, 0.2) is 6.10 Å². The van der Waals surface area contributed by atoms with Crippen molar-refractivity contribution in [3.05, 3.63) is 34.9 Å². The molecule has 0 heterocycles. The quantitative estimate of drug-likeness (QED) is 0.811. The number of carbonyl (C=O) groups is 2. The van der Waals surface area contributed by atoms with Gasteiger partial charge in [-0.3, -0.25) is 4.79 Å². The lowest BCUT2D eigenvalue weighted by atomic mass is 10.0. The molecule has 20 heavy (non-hydrogen) atoms. The van der Waals surface area contributed by atoms with Gasteiger partial charge in [0.2, 0.25) is 0 Å². The second kappa shape index (κ2) is 7.26. The number of halogens is 1. The van der Waals surface area contributed by atoms with E-state index in [0.29, 0.717) is 10.6 Å². The Bertz CT molecular complexity index is 490. The largest absolute Gasteiger partial charge is 0.467 e. The summed E-state index contributed by atoms with van der Waals surface area (Å²) in [5.74, 6) is -1.37. The highest BCUT2D eigenvalue weighted by molar-refractivity contribution is 6.30. The van der Waals surface area contributed by atoms with Crippen molar-refractivity contribution in [2.75, 3.05) is 7.11 Å². The fraction of sp³-hybridized carbons (Fsp3) is 0.429. The maximum absolute atomic E-state index is 12.0. The predicted molar refractivity (Wildman–Crippen MR) is 75.2 cm³/mol. The molecule has 6 heteroatoms. The molecule has 1 aromatic rings. The second-order valence-electron chi connectivity index (χ2n) is 4.71. The molecule has 0 spiro atoms. The second-order valence-corrected chi connectivity index (χ2v) is 5.15. The van der Waals surface area contributed by atoms with E-state index < -0.39 is 24.0 Å². The van der Waals surface area contributed by atoms with E-state index >= 15 is 0 Å². The molecule has 0 fully saturated rings. The van der Waals surface area contributed by atoms with Crippen molar-refractivity contribution in [1.29, 1.82) is 0 Å². The monoisotopic (exact) mass is 299 g/mol. The van der Waals surface area contributed by atoms with Crippen molar-refractivity contribution in [1.82, 2.24) is 5.32 Å². The van der Waals surface area contributed by atoms with Crippen LogP contribution in [0.15, 0.2) is 24.3 Å². The van der Waals surface area contributed by atoms with Gasteiger partial charge in [-0.15, -0.1) is 0 Å². The Morgan fingerprint density at radius 1 is 1.35 bits per heavy atom. The number of hydrogen-bond acceptors (Lipinski definition) is 4. The van der Waals surface area contributed by atoms with Gasteiger partial charge in [0.25, 0.3) is 5.91 Å². The summed E-state index contributed by atoms with van der Waals surface area (Å²) in [6, 6.07) is 5.55. The summed E-state index contributed by atoms with van der Waals surface area (Å²) in [7, 11) is 1.25. The molecule has 0 saturated heterocycles. The number of amides is 1. The molecular formula is C14H18ClNO4. The van der Waals surface area contributed by atoms with Crippen molar-refractivity contribution < 1.29 is 19.4 Å². The summed E-state index contributed by atoms with van der Waals surface area (Å²) in [5.41, 5.74) is 0.363. The number of nitrogens with one attached hydrogen (secondary N) is 1. The van der Waals surface area contributed by atoms with Gasteiger partial charge in [-0.25, -0.2) is 4.79 Å². The van der Waals surface area contributed by atoms with Gasteiger partial charge in [-0.1, -0.05) is 37.6 Å². The van der Waals surface area contributed by atoms with Gasteiger partial charge in [0, 0.05) is 5.02 Å². The highest BCUT2D eigenvalue weighted by Gasteiger charge is 2.28. The van der Waals surface area contributed by atoms with Crippen LogP contribution in [0, 0.1) is 5.92 Å². The predicted octanol–water partition coefficient (Wildman–Crippen LogP) is 1.69. The fourth-order valence-electron chi connectivity index (χ4n) is 1.68. The first-order chi connectivity index (χ1) is 9.36. The van der Waals surface area contributed by atoms with Crippen LogP contribution in [0.4, 0.5) is 0 Å². The first-order valence-corrected chi connectivity index (χ1v) is 6.56. The van der Waals surface area contributed by atoms with Crippen molar-refractivity contribution in [2.24, 2.45) is 5.92 Å². The zero-order valence-electron chi connectivity index (χ0n) is 11.6. The standard InChI is InChI=1S/C14H18ClNO4/c1-8(2)11(14(19)20-3)16-13(18)12(17)9-5-4-6-10(15)7-9/h4-8,11-12,17H,1-3H3,(H,16,18)/t11-,12+/m0/s1. The summed E-state index contributed by atoms with van der Waals surface area (Å²) in [6.07, 6.45) is -1.39. The van der Waals surface area contributed by atoms with E-state index in [1.165, 1.54) is 13.2 Å². The number of aliphatic hydroxyl groups excluding tert-OH is 1. The van der Waals surface area contributed by atoms with Crippen molar-refractivity contribution in [2.45, 2.75) is 26.0 Å². The third-order valence-electron chi connectivity index (χ3n) is 2.83. The molecule has 0 aliphatic rings. The average Bonchev–Trinajstić information content (AvgIpc) is 2.42. The first kappa shape index (κ1) is 16.5. The molecule has 0 aliphatic heterocycles. The summed E-state index contributed by atoms with van der Waals surface area (Å²) in [5, 5.41) is 12.9. The van der Waals surface area contributed by atoms with Crippen LogP contribution in [0.2, 0.25) is 5.02 Å². The number of hydrogen-bond donors (Lipinski definition) is 2. The lowest BCUT2D eigenvalue weighted by Crippen LogP contribution is -2.46. The van der Waals surface area contributed by atoms with Crippen LogP contribution in [0.1, 0.15) is 25.5 Å². The number of esters is 1. The molecule has 1 amide bonds. The molecule has 0 saturated carbocycles. The van der Waals surface area contributed by atoms with Crippen LogP contribution in [0.25, 0.3) is 0 Å². The lowest BCUT2D eigenvalue weighted by molar-refractivity contribution is -0.147. The Balaban J connectivity index is 2.81. The molecule has 0 aromatic heterocycles. The molecule has 0 unspecified atom stereocenters. The lowest BCUT2D eigenvalue weighted by Gasteiger charge is -2.21. The third-order valence-corrected chi connectivity index (χ3v) is 3.07. The molecule has 5 nitrogen and oxygen atoms in total. The maximum atomic E-state index is 12.0. The van der Waals surface area contributed by atoms with Gasteiger partial charge in [0.1, 0.15) is 6.04 Å². The normalized spacial score (nSPS) is 13.7. The number of methoxy groups -OCH3 is 1. The summed E-state index contributed by atoms with van der Waals surface area (Å²) < 4.78 is 4.62. The van der Waals surface area contributed by atoms with Crippen LogP contribution >= 0.6 is 11.6 Å². The van der Waals surface area contributed by atoms with E-state index in [0.717, 1.165) is 0 Å². The number of rotatable bonds is 5. The van der Waals surface area contributed by atoms with E-state index in [4.69, 9.17) is 11.6 Å². The molecule has 0 radical (unpaired) electrons. The molecular weight excluding hydrogens is 282 g/mol. The Labute approximate surface area is 122 Å². The Morgan fingerprint density at radius 3 is 2.50 bits per heavy atom. The van der Waals surface area contributed by atoms with Crippen molar-refractivity contribution in [3.63, 3.8) is 0 Å². The van der Waals surface area contributed by atoms with Crippen LogP contribution in [0.3, 0.4) is 0 Å². The molecule has 1 aromatic carbocycles. The molecule has 2 N–H and O–H groups in total. The number of ether oxygens (including phenoxy) is 1. The van der Waals surface area contributed by atoms with Gasteiger partial charge in [-0.2, -0.15) is 0 Å². The van der Waals surface area contributed by atoms with Crippen LogP contribution < -0.4 is 5.32 Å². The third kappa shape index (κ3) is 4.21. The number of benzene rings is 1. The minimum atomic E-state index is -1.39. The summed E-state index contributed by atoms with van der Waals surface area (Å²) in [6.45, 7) is 3.54.